The predicted molar refractivity (Wildman–Crippen MR) is 118 cm³/mol. The van der Waals surface area contributed by atoms with Crippen LogP contribution in [0.5, 0.6) is 0 Å². The zero-order chi connectivity index (χ0) is 19.9. The maximum absolute atomic E-state index is 5.85. The Kier molecular flexibility index (Phi) is 6.16. The molecule has 0 aliphatic rings. The molecule has 0 amide bonds. The van der Waals surface area contributed by atoms with Gasteiger partial charge in [0.25, 0.3) is 0 Å². The monoisotopic (exact) mass is 382 g/mol. The highest BCUT2D eigenvalue weighted by atomic mass is 16.4. The summed E-state index contributed by atoms with van der Waals surface area (Å²) in [7, 11) is 0. The first-order valence-corrected chi connectivity index (χ1v) is 10.4. The van der Waals surface area contributed by atoms with Crippen LogP contribution >= 0.6 is 0 Å². The van der Waals surface area contributed by atoms with Crippen molar-refractivity contribution >= 4 is 0 Å². The van der Waals surface area contributed by atoms with E-state index in [0.717, 1.165) is 11.1 Å². The fourth-order valence-corrected chi connectivity index (χ4v) is 3.46. The summed E-state index contributed by atoms with van der Waals surface area (Å²) < 4.78 is 5.85. The van der Waals surface area contributed by atoms with Crippen LogP contribution in [0, 0.1) is 0 Å². The van der Waals surface area contributed by atoms with Crippen LogP contribution in [-0.4, -0.2) is 10.2 Å². The lowest BCUT2D eigenvalue weighted by atomic mass is 10.0. The fraction of sp³-hybridized carbons (Fsp3) is 0.231. The van der Waals surface area contributed by atoms with E-state index >= 15 is 0 Å². The Morgan fingerprint density at radius 2 is 1.14 bits per heavy atom. The highest BCUT2D eigenvalue weighted by molar-refractivity contribution is 5.68. The molecule has 3 heteroatoms. The van der Waals surface area contributed by atoms with Gasteiger partial charge in [-0.05, 0) is 53.8 Å². The normalized spacial score (nSPS) is 10.9. The molecule has 146 valence electrons. The second-order valence-corrected chi connectivity index (χ2v) is 7.36. The van der Waals surface area contributed by atoms with E-state index in [1.165, 1.54) is 48.8 Å². The van der Waals surface area contributed by atoms with Gasteiger partial charge in [-0.25, -0.2) is 0 Å². The minimum absolute atomic E-state index is 0.540. The van der Waals surface area contributed by atoms with Gasteiger partial charge in [-0.1, -0.05) is 80.8 Å². The number of rotatable bonds is 8. The average molecular weight is 383 g/mol. The van der Waals surface area contributed by atoms with Crippen LogP contribution in [-0.2, 0) is 6.42 Å². The first kappa shape index (κ1) is 19.1. The van der Waals surface area contributed by atoms with E-state index in [1.807, 2.05) is 42.5 Å². The van der Waals surface area contributed by atoms with Crippen molar-refractivity contribution < 1.29 is 4.42 Å². The van der Waals surface area contributed by atoms with E-state index in [0.29, 0.717) is 11.8 Å². The second-order valence-electron chi connectivity index (χ2n) is 7.36. The van der Waals surface area contributed by atoms with Gasteiger partial charge in [-0.2, -0.15) is 0 Å². The van der Waals surface area contributed by atoms with E-state index in [-0.39, 0.29) is 0 Å². The van der Waals surface area contributed by atoms with Crippen LogP contribution in [0.25, 0.3) is 34.0 Å². The van der Waals surface area contributed by atoms with Crippen LogP contribution in [0.3, 0.4) is 0 Å². The summed E-state index contributed by atoms with van der Waals surface area (Å²) in [5, 5.41) is 8.37. The van der Waals surface area contributed by atoms with Crippen molar-refractivity contribution in [3.8, 4) is 34.0 Å². The van der Waals surface area contributed by atoms with Crippen LogP contribution in [0.1, 0.15) is 38.2 Å². The molecule has 0 spiro atoms. The molecule has 0 fully saturated rings. The third kappa shape index (κ3) is 4.80. The number of benzene rings is 3. The smallest absolute Gasteiger partial charge is 0.248 e. The highest BCUT2D eigenvalue weighted by Crippen LogP contribution is 2.27. The summed E-state index contributed by atoms with van der Waals surface area (Å²) in [4.78, 5) is 0. The summed E-state index contributed by atoms with van der Waals surface area (Å²) in [5.74, 6) is 1.08. The molecule has 3 nitrogen and oxygen atoms in total. The van der Waals surface area contributed by atoms with Gasteiger partial charge in [0.05, 0.1) is 0 Å². The molecule has 0 aliphatic heterocycles. The zero-order valence-electron chi connectivity index (χ0n) is 16.8. The number of hydrogen-bond donors (Lipinski definition) is 0. The molecule has 0 unspecified atom stereocenters. The van der Waals surface area contributed by atoms with Gasteiger partial charge >= 0.3 is 0 Å². The van der Waals surface area contributed by atoms with Crippen LogP contribution in [0.2, 0.25) is 0 Å². The molecule has 3 aromatic carbocycles. The molecule has 0 saturated heterocycles. The lowest BCUT2D eigenvalue weighted by Crippen LogP contribution is -1.86. The van der Waals surface area contributed by atoms with Crippen molar-refractivity contribution in [3.05, 3.63) is 84.4 Å². The van der Waals surface area contributed by atoms with E-state index in [1.54, 1.807) is 0 Å². The molecular weight excluding hydrogens is 356 g/mol. The Bertz CT molecular complexity index is 1020. The van der Waals surface area contributed by atoms with Gasteiger partial charge in [0.1, 0.15) is 0 Å². The molecule has 4 rings (SSSR count). The van der Waals surface area contributed by atoms with E-state index < -0.39 is 0 Å². The van der Waals surface area contributed by atoms with Crippen LogP contribution in [0.4, 0.5) is 0 Å². The quantitative estimate of drug-likeness (QED) is 0.303. The number of nitrogens with zero attached hydrogens (tertiary/aromatic N) is 2. The summed E-state index contributed by atoms with van der Waals surface area (Å²) in [6.45, 7) is 2.25. The van der Waals surface area contributed by atoms with Crippen molar-refractivity contribution in [2.75, 3.05) is 0 Å². The fourth-order valence-electron chi connectivity index (χ4n) is 3.46. The molecule has 0 N–H and O–H groups in total. The standard InChI is InChI=1S/C26H26N2O/c1-2-3-4-6-9-20-12-14-21(15-13-20)22-16-18-24(19-17-22)26-28-27-25(29-26)23-10-7-5-8-11-23/h5,7-8,10-19H,2-4,6,9H2,1H3. The lowest BCUT2D eigenvalue weighted by molar-refractivity contribution is 0.584. The Morgan fingerprint density at radius 1 is 0.586 bits per heavy atom. The maximum Gasteiger partial charge on any atom is 0.248 e. The third-order valence-electron chi connectivity index (χ3n) is 5.18. The molecule has 0 radical (unpaired) electrons. The molecule has 1 heterocycles. The van der Waals surface area contributed by atoms with E-state index in [9.17, 15) is 0 Å². The topological polar surface area (TPSA) is 38.9 Å². The maximum atomic E-state index is 5.85. The third-order valence-corrected chi connectivity index (χ3v) is 5.18. The molecule has 0 atom stereocenters. The number of aryl methyl sites for hydroxylation is 1. The van der Waals surface area contributed by atoms with Crippen molar-refractivity contribution in [1.82, 2.24) is 10.2 Å². The summed E-state index contributed by atoms with van der Waals surface area (Å²) >= 11 is 0. The van der Waals surface area contributed by atoms with E-state index in [2.05, 4.69) is 53.5 Å². The van der Waals surface area contributed by atoms with Gasteiger partial charge in [0, 0.05) is 11.1 Å². The first-order chi connectivity index (χ1) is 14.3. The number of unbranched alkanes of at least 4 members (excludes halogenated alkanes) is 3. The number of hydrogen-bond acceptors (Lipinski definition) is 3. The largest absolute Gasteiger partial charge is 0.416 e. The minimum Gasteiger partial charge on any atom is -0.416 e. The lowest BCUT2D eigenvalue weighted by Gasteiger charge is -2.05. The summed E-state index contributed by atoms with van der Waals surface area (Å²) in [6, 6.07) is 27.0. The average Bonchev–Trinajstić information content (AvgIpc) is 3.28. The Morgan fingerprint density at radius 3 is 1.76 bits per heavy atom. The van der Waals surface area contributed by atoms with Crippen LogP contribution in [0.15, 0.2) is 83.3 Å². The Balaban J connectivity index is 1.43. The molecule has 29 heavy (non-hydrogen) atoms. The summed E-state index contributed by atoms with van der Waals surface area (Å²) in [5.41, 5.74) is 5.69. The molecule has 4 aromatic rings. The Labute approximate surface area is 172 Å². The minimum atomic E-state index is 0.540. The molecule has 1 aromatic heterocycles. The summed E-state index contributed by atoms with van der Waals surface area (Å²) in [6.07, 6.45) is 6.38. The zero-order valence-corrected chi connectivity index (χ0v) is 16.8. The van der Waals surface area contributed by atoms with Crippen LogP contribution < -0.4 is 0 Å². The second kappa shape index (κ2) is 9.33. The van der Waals surface area contributed by atoms with Crippen molar-refractivity contribution in [2.45, 2.75) is 39.0 Å². The first-order valence-electron chi connectivity index (χ1n) is 10.4. The van der Waals surface area contributed by atoms with Gasteiger partial charge < -0.3 is 4.42 Å². The highest BCUT2D eigenvalue weighted by Gasteiger charge is 2.10. The van der Waals surface area contributed by atoms with Crippen molar-refractivity contribution in [1.29, 1.82) is 0 Å². The van der Waals surface area contributed by atoms with Gasteiger partial charge in [-0.15, -0.1) is 10.2 Å². The van der Waals surface area contributed by atoms with Gasteiger partial charge in [0.2, 0.25) is 11.8 Å². The van der Waals surface area contributed by atoms with Gasteiger partial charge in [-0.3, -0.25) is 0 Å². The predicted octanol–water partition coefficient (Wildman–Crippen LogP) is 7.19. The van der Waals surface area contributed by atoms with Gasteiger partial charge in [0.15, 0.2) is 0 Å². The Hall–Kier alpha value is -3.20. The molecule has 0 aliphatic carbocycles. The van der Waals surface area contributed by atoms with Crippen molar-refractivity contribution in [2.24, 2.45) is 0 Å². The molecular formula is C26H26N2O. The molecule has 0 saturated carbocycles. The number of aromatic nitrogens is 2. The van der Waals surface area contributed by atoms with E-state index in [4.69, 9.17) is 4.42 Å². The SMILES string of the molecule is CCCCCCc1ccc(-c2ccc(-c3nnc(-c4ccccc4)o3)cc2)cc1. The molecule has 0 bridgehead atoms. The van der Waals surface area contributed by atoms with Crippen molar-refractivity contribution in [3.63, 3.8) is 0 Å².